The molecule has 17 heavy (non-hydrogen) atoms. The monoisotopic (exact) mass is 235 g/mol. The molecule has 3 heteroatoms. The van der Waals surface area contributed by atoms with Gasteiger partial charge in [-0.2, -0.15) is 0 Å². The Morgan fingerprint density at radius 3 is 2.59 bits per heavy atom. The van der Waals surface area contributed by atoms with Crippen molar-refractivity contribution in [2.24, 2.45) is 0 Å². The summed E-state index contributed by atoms with van der Waals surface area (Å²) < 4.78 is 19.3. The third-order valence-electron chi connectivity index (χ3n) is 3.57. The molecular weight excluding hydrogens is 217 g/mol. The van der Waals surface area contributed by atoms with Crippen molar-refractivity contribution >= 4 is 0 Å². The van der Waals surface area contributed by atoms with Gasteiger partial charge in [-0.25, -0.2) is 4.39 Å². The van der Waals surface area contributed by atoms with Crippen molar-refractivity contribution in [2.45, 2.75) is 37.7 Å². The summed E-state index contributed by atoms with van der Waals surface area (Å²) in [4.78, 5) is 0. The molecule has 92 valence electrons. The number of hydrogen-bond donors (Lipinski definition) is 1. The van der Waals surface area contributed by atoms with Crippen LogP contribution in [0.3, 0.4) is 0 Å². The second kappa shape index (κ2) is 4.65. The molecule has 0 aromatic heterocycles. The molecule has 1 N–H and O–H groups in total. The van der Waals surface area contributed by atoms with Gasteiger partial charge >= 0.3 is 0 Å². The normalized spacial score (nSPS) is 21.5. The Hall–Kier alpha value is -1.09. The van der Waals surface area contributed by atoms with Gasteiger partial charge < -0.3 is 10.1 Å². The second-order valence-corrected chi connectivity index (χ2v) is 5.02. The van der Waals surface area contributed by atoms with Gasteiger partial charge in [-0.15, -0.1) is 0 Å². The van der Waals surface area contributed by atoms with Gasteiger partial charge in [-0.1, -0.05) is 0 Å². The highest BCUT2D eigenvalue weighted by molar-refractivity contribution is 5.37. The maximum Gasteiger partial charge on any atom is 0.123 e. The van der Waals surface area contributed by atoms with E-state index in [1.165, 1.54) is 6.07 Å². The maximum atomic E-state index is 13.4. The van der Waals surface area contributed by atoms with Crippen molar-refractivity contribution in [3.05, 3.63) is 29.6 Å². The lowest BCUT2D eigenvalue weighted by atomic mass is 9.89. The number of benzene rings is 1. The average Bonchev–Trinajstić information content (AvgIpc) is 3.17. The van der Waals surface area contributed by atoms with Crippen LogP contribution in [-0.2, 0) is 0 Å². The molecule has 1 aromatic rings. The standard InChI is InChI=1S/C14H18FNO/c15-11-1-4-14(17-12-2-3-12)13(9-11)10-5-7-16-8-6-10/h1,4,9-10,12,16H,2-3,5-8H2. The van der Waals surface area contributed by atoms with E-state index in [2.05, 4.69) is 5.32 Å². The quantitative estimate of drug-likeness (QED) is 0.869. The van der Waals surface area contributed by atoms with E-state index >= 15 is 0 Å². The Morgan fingerprint density at radius 2 is 1.88 bits per heavy atom. The molecule has 0 amide bonds. The van der Waals surface area contributed by atoms with Crippen LogP contribution in [0.15, 0.2) is 18.2 Å². The van der Waals surface area contributed by atoms with Gasteiger partial charge in [0, 0.05) is 5.56 Å². The van der Waals surface area contributed by atoms with Crippen LogP contribution in [0.5, 0.6) is 5.75 Å². The number of halogens is 1. The molecule has 3 rings (SSSR count). The van der Waals surface area contributed by atoms with Gasteiger partial charge in [-0.3, -0.25) is 0 Å². The van der Waals surface area contributed by atoms with Crippen LogP contribution >= 0.6 is 0 Å². The van der Waals surface area contributed by atoms with Crippen LogP contribution in [0.4, 0.5) is 4.39 Å². The molecule has 0 spiro atoms. The van der Waals surface area contributed by atoms with Gasteiger partial charge in [0.15, 0.2) is 0 Å². The number of rotatable bonds is 3. The lowest BCUT2D eigenvalue weighted by Crippen LogP contribution is -2.27. The smallest absolute Gasteiger partial charge is 0.123 e. The van der Waals surface area contributed by atoms with E-state index in [-0.39, 0.29) is 5.82 Å². The Morgan fingerprint density at radius 1 is 1.12 bits per heavy atom. The van der Waals surface area contributed by atoms with Gasteiger partial charge in [0.25, 0.3) is 0 Å². The van der Waals surface area contributed by atoms with Crippen molar-refractivity contribution in [3.8, 4) is 5.75 Å². The maximum absolute atomic E-state index is 13.4. The van der Waals surface area contributed by atoms with Gasteiger partial charge in [0.05, 0.1) is 6.10 Å². The number of ether oxygens (including phenoxy) is 1. The Kier molecular flexibility index (Phi) is 3.02. The second-order valence-electron chi connectivity index (χ2n) is 5.02. The molecule has 2 aliphatic rings. The summed E-state index contributed by atoms with van der Waals surface area (Å²) in [6.07, 6.45) is 4.81. The van der Waals surface area contributed by atoms with E-state index in [4.69, 9.17) is 4.74 Å². The fraction of sp³-hybridized carbons (Fsp3) is 0.571. The molecule has 1 saturated heterocycles. The summed E-state index contributed by atoms with van der Waals surface area (Å²) in [5, 5.41) is 3.34. The molecule has 1 aliphatic carbocycles. The number of nitrogens with one attached hydrogen (secondary N) is 1. The summed E-state index contributed by atoms with van der Waals surface area (Å²) >= 11 is 0. The van der Waals surface area contributed by atoms with Crippen LogP contribution < -0.4 is 10.1 Å². The molecular formula is C14H18FNO. The fourth-order valence-corrected chi connectivity index (χ4v) is 2.44. The topological polar surface area (TPSA) is 21.3 Å². The third kappa shape index (κ3) is 2.60. The van der Waals surface area contributed by atoms with Crippen molar-refractivity contribution in [3.63, 3.8) is 0 Å². The van der Waals surface area contributed by atoms with Crippen LogP contribution in [0.2, 0.25) is 0 Å². The number of piperidine rings is 1. The molecule has 1 aliphatic heterocycles. The molecule has 1 saturated carbocycles. The average molecular weight is 235 g/mol. The van der Waals surface area contributed by atoms with E-state index in [0.717, 1.165) is 50.1 Å². The van der Waals surface area contributed by atoms with Gasteiger partial charge in [0.1, 0.15) is 11.6 Å². The minimum atomic E-state index is -0.151. The first-order valence-corrected chi connectivity index (χ1v) is 6.50. The molecule has 2 fully saturated rings. The highest BCUT2D eigenvalue weighted by Crippen LogP contribution is 2.36. The lowest BCUT2D eigenvalue weighted by molar-refractivity contribution is 0.294. The Labute approximate surface area is 101 Å². The predicted molar refractivity (Wildman–Crippen MR) is 64.9 cm³/mol. The number of hydrogen-bond acceptors (Lipinski definition) is 2. The zero-order valence-corrected chi connectivity index (χ0v) is 9.92. The van der Waals surface area contributed by atoms with E-state index in [0.29, 0.717) is 12.0 Å². The van der Waals surface area contributed by atoms with Crippen molar-refractivity contribution in [2.75, 3.05) is 13.1 Å². The molecule has 0 unspecified atom stereocenters. The zero-order valence-electron chi connectivity index (χ0n) is 9.92. The van der Waals surface area contributed by atoms with Crippen LogP contribution in [0.1, 0.15) is 37.2 Å². The van der Waals surface area contributed by atoms with E-state index in [1.54, 1.807) is 12.1 Å². The molecule has 0 bridgehead atoms. The summed E-state index contributed by atoms with van der Waals surface area (Å²) in [6.45, 7) is 2.04. The minimum Gasteiger partial charge on any atom is -0.490 e. The Balaban J connectivity index is 1.85. The summed E-state index contributed by atoms with van der Waals surface area (Å²) in [7, 11) is 0. The minimum absolute atomic E-state index is 0.151. The molecule has 2 nitrogen and oxygen atoms in total. The third-order valence-corrected chi connectivity index (χ3v) is 3.57. The van der Waals surface area contributed by atoms with Crippen molar-refractivity contribution < 1.29 is 9.13 Å². The lowest BCUT2D eigenvalue weighted by Gasteiger charge is -2.25. The van der Waals surface area contributed by atoms with Crippen molar-refractivity contribution in [1.29, 1.82) is 0 Å². The molecule has 1 aromatic carbocycles. The summed E-state index contributed by atoms with van der Waals surface area (Å²) in [5.74, 6) is 1.20. The first-order valence-electron chi connectivity index (χ1n) is 6.50. The van der Waals surface area contributed by atoms with Crippen molar-refractivity contribution in [1.82, 2.24) is 5.32 Å². The predicted octanol–water partition coefficient (Wildman–Crippen LogP) is 2.83. The molecule has 1 heterocycles. The van der Waals surface area contributed by atoms with E-state index in [1.807, 2.05) is 0 Å². The van der Waals surface area contributed by atoms with Crippen LogP contribution in [0.25, 0.3) is 0 Å². The van der Waals surface area contributed by atoms with Crippen LogP contribution in [0, 0.1) is 5.82 Å². The van der Waals surface area contributed by atoms with Gasteiger partial charge in [0.2, 0.25) is 0 Å². The highest BCUT2D eigenvalue weighted by Gasteiger charge is 2.26. The summed E-state index contributed by atoms with van der Waals surface area (Å²) in [5.41, 5.74) is 1.07. The van der Waals surface area contributed by atoms with E-state index < -0.39 is 0 Å². The SMILES string of the molecule is Fc1ccc(OC2CC2)c(C2CCNCC2)c1. The van der Waals surface area contributed by atoms with Gasteiger partial charge in [-0.05, 0) is 62.9 Å². The fourth-order valence-electron chi connectivity index (χ4n) is 2.44. The Bertz CT molecular complexity index is 397. The first kappa shape index (κ1) is 11.0. The molecule has 0 radical (unpaired) electrons. The first-order chi connectivity index (χ1) is 8.33. The largest absolute Gasteiger partial charge is 0.490 e. The highest BCUT2D eigenvalue weighted by atomic mass is 19.1. The van der Waals surface area contributed by atoms with E-state index in [9.17, 15) is 4.39 Å². The molecule has 0 atom stereocenters. The summed E-state index contributed by atoms with van der Waals surface area (Å²) in [6, 6.07) is 4.96. The zero-order chi connectivity index (χ0) is 11.7. The van der Waals surface area contributed by atoms with Crippen LogP contribution in [-0.4, -0.2) is 19.2 Å².